The summed E-state index contributed by atoms with van der Waals surface area (Å²) in [4.78, 5) is 9.78. The lowest BCUT2D eigenvalue weighted by Crippen LogP contribution is -2.45. The molecule has 0 saturated heterocycles. The second-order valence-electron chi connectivity index (χ2n) is 8.63. The third-order valence-corrected chi connectivity index (χ3v) is 7.14. The molecule has 4 nitrogen and oxygen atoms in total. The Balaban J connectivity index is 1.82. The number of halogens is 4. The zero-order chi connectivity index (χ0) is 24.4. The lowest BCUT2D eigenvalue weighted by Gasteiger charge is -2.34. The van der Waals surface area contributed by atoms with E-state index in [9.17, 15) is 13.2 Å². The number of nitrogens with zero attached hydrogens (tertiary/aromatic N) is 2. The number of aryl methyl sites for hydroxylation is 1. The van der Waals surface area contributed by atoms with Gasteiger partial charge in [0.1, 0.15) is 11.6 Å². The van der Waals surface area contributed by atoms with E-state index in [0.717, 1.165) is 17.0 Å². The van der Waals surface area contributed by atoms with Crippen molar-refractivity contribution in [3.05, 3.63) is 33.7 Å². The molecular formula is C24H30ClF3N2O2S. The Morgan fingerprint density at radius 1 is 1.18 bits per heavy atom. The average Bonchev–Trinajstić information content (AvgIpc) is 3.04. The predicted octanol–water partition coefficient (Wildman–Crippen LogP) is 7.56. The van der Waals surface area contributed by atoms with Crippen molar-refractivity contribution >= 4 is 44.8 Å². The maximum atomic E-state index is 13.1. The van der Waals surface area contributed by atoms with Crippen molar-refractivity contribution in [3.8, 4) is 0 Å². The van der Waals surface area contributed by atoms with Gasteiger partial charge < -0.3 is 9.47 Å². The second kappa shape index (κ2) is 10.2. The second-order valence-corrected chi connectivity index (χ2v) is 10.3. The largest absolute Gasteiger partial charge is 0.480 e. The summed E-state index contributed by atoms with van der Waals surface area (Å²) in [6.07, 6.45) is -2.40. The number of alkyl halides is 3. The lowest BCUT2D eigenvalue weighted by molar-refractivity contribution is -0.137. The minimum Gasteiger partial charge on any atom is -0.480 e. The van der Waals surface area contributed by atoms with Crippen LogP contribution >= 0.6 is 22.9 Å². The molecule has 2 aromatic rings. The topological polar surface area (TPSA) is 43.2 Å². The summed E-state index contributed by atoms with van der Waals surface area (Å²) < 4.78 is 52.0. The van der Waals surface area contributed by atoms with Crippen LogP contribution in [0.1, 0.15) is 58.6 Å². The van der Waals surface area contributed by atoms with Crippen molar-refractivity contribution in [2.24, 2.45) is 15.9 Å². The van der Waals surface area contributed by atoms with E-state index in [1.807, 2.05) is 20.8 Å². The highest BCUT2D eigenvalue weighted by Gasteiger charge is 2.40. The van der Waals surface area contributed by atoms with Gasteiger partial charge in [0.2, 0.25) is 11.8 Å². The summed E-state index contributed by atoms with van der Waals surface area (Å²) >= 11 is 7.61. The zero-order valence-corrected chi connectivity index (χ0v) is 21.1. The molecule has 0 spiro atoms. The van der Waals surface area contributed by atoms with Crippen LogP contribution in [0.4, 0.5) is 13.2 Å². The number of hydrogen-bond donors (Lipinski definition) is 0. The van der Waals surface area contributed by atoms with E-state index in [4.69, 9.17) is 31.1 Å². The molecule has 0 unspecified atom stereocenters. The van der Waals surface area contributed by atoms with Crippen LogP contribution in [0.2, 0.25) is 4.34 Å². The summed E-state index contributed by atoms with van der Waals surface area (Å²) in [5.41, 5.74) is -0.466. The quantitative estimate of drug-likeness (QED) is 0.392. The Hall–Kier alpha value is -1.80. The number of fused-ring (bicyclic) bond motifs is 1. The maximum Gasteiger partial charge on any atom is 0.416 e. The highest BCUT2D eigenvalue weighted by atomic mass is 35.5. The van der Waals surface area contributed by atoms with Crippen molar-refractivity contribution in [2.75, 3.05) is 13.2 Å². The Morgan fingerprint density at radius 3 is 2.48 bits per heavy atom. The molecule has 0 radical (unpaired) electrons. The van der Waals surface area contributed by atoms with Crippen LogP contribution in [0.25, 0.3) is 10.1 Å². The van der Waals surface area contributed by atoms with Gasteiger partial charge >= 0.3 is 6.18 Å². The Bertz CT molecular complexity index is 1050. The van der Waals surface area contributed by atoms with Crippen molar-refractivity contribution < 1.29 is 22.6 Å². The molecule has 9 heteroatoms. The van der Waals surface area contributed by atoms with E-state index in [2.05, 4.69) is 13.8 Å². The van der Waals surface area contributed by atoms with Crippen LogP contribution in [-0.2, 0) is 22.1 Å². The molecule has 0 aliphatic carbocycles. The Kier molecular flexibility index (Phi) is 7.99. The molecule has 1 aliphatic heterocycles. The fraction of sp³-hybridized carbons (Fsp3) is 0.583. The lowest BCUT2D eigenvalue weighted by atomic mass is 9.90. The number of benzene rings is 1. The summed E-state index contributed by atoms with van der Waals surface area (Å²) in [6.45, 7) is 11.0. The van der Waals surface area contributed by atoms with E-state index in [1.165, 1.54) is 23.5 Å². The number of ether oxygens (including phenoxy) is 2. The normalized spacial score (nSPS) is 21.3. The van der Waals surface area contributed by atoms with E-state index < -0.39 is 17.3 Å². The van der Waals surface area contributed by atoms with Gasteiger partial charge in [0.05, 0.1) is 23.1 Å². The van der Waals surface area contributed by atoms with Crippen LogP contribution in [0.5, 0.6) is 0 Å². The summed E-state index contributed by atoms with van der Waals surface area (Å²) in [5, 5.41) is 0.767. The number of thiophene rings is 1. The summed E-state index contributed by atoms with van der Waals surface area (Å²) in [7, 11) is 0. The molecule has 3 rings (SSSR count). The molecular weight excluding hydrogens is 473 g/mol. The number of hydrogen-bond acceptors (Lipinski definition) is 5. The van der Waals surface area contributed by atoms with Gasteiger partial charge in [0.15, 0.2) is 0 Å². The van der Waals surface area contributed by atoms with Crippen LogP contribution in [-0.4, -0.2) is 36.6 Å². The van der Waals surface area contributed by atoms with Crippen molar-refractivity contribution in [1.29, 1.82) is 0 Å². The highest BCUT2D eigenvalue weighted by Crippen LogP contribution is 2.40. The minimum absolute atomic E-state index is 0.183. The van der Waals surface area contributed by atoms with E-state index in [-0.39, 0.29) is 12.0 Å². The molecule has 0 fully saturated rings. The smallest absolute Gasteiger partial charge is 0.416 e. The molecule has 33 heavy (non-hydrogen) atoms. The fourth-order valence-electron chi connectivity index (χ4n) is 4.01. The van der Waals surface area contributed by atoms with Gasteiger partial charge in [0.25, 0.3) is 0 Å². The van der Waals surface area contributed by atoms with E-state index >= 15 is 0 Å². The van der Waals surface area contributed by atoms with Gasteiger partial charge in [-0.1, -0.05) is 31.5 Å². The SMILES string of the molecule is CCOC1=N[C@@](C)(CCCc2c(Cl)sc3cc(C(F)(F)F)ccc23)C(OCC)=N[C@@H]1C(C)C. The third kappa shape index (κ3) is 5.65. The number of aliphatic imine (C=N–C) groups is 2. The molecule has 182 valence electrons. The van der Waals surface area contributed by atoms with Gasteiger partial charge in [-0.2, -0.15) is 13.2 Å². The average molecular weight is 503 g/mol. The Labute approximate surface area is 201 Å². The molecule has 1 aromatic heterocycles. The molecule has 0 N–H and O–H groups in total. The highest BCUT2D eigenvalue weighted by molar-refractivity contribution is 7.22. The van der Waals surface area contributed by atoms with Crippen LogP contribution in [0.15, 0.2) is 28.2 Å². The first-order valence-electron chi connectivity index (χ1n) is 11.2. The Morgan fingerprint density at radius 2 is 1.88 bits per heavy atom. The van der Waals surface area contributed by atoms with Gasteiger partial charge in [-0.05, 0) is 69.0 Å². The number of rotatable bonds is 7. The molecule has 0 saturated carbocycles. The molecule has 2 atom stereocenters. The molecule has 2 heterocycles. The summed E-state index contributed by atoms with van der Waals surface area (Å²) in [6, 6.07) is 3.62. The van der Waals surface area contributed by atoms with E-state index in [1.54, 1.807) is 0 Å². The van der Waals surface area contributed by atoms with Crippen molar-refractivity contribution in [1.82, 2.24) is 0 Å². The third-order valence-electron chi connectivity index (χ3n) is 5.69. The first kappa shape index (κ1) is 25.8. The van der Waals surface area contributed by atoms with Gasteiger partial charge in [-0.25, -0.2) is 9.98 Å². The molecule has 1 aromatic carbocycles. The minimum atomic E-state index is -4.38. The molecule has 1 aliphatic rings. The molecule has 0 bridgehead atoms. The van der Waals surface area contributed by atoms with Crippen LogP contribution in [0, 0.1) is 5.92 Å². The molecule has 0 amide bonds. The van der Waals surface area contributed by atoms with Crippen LogP contribution < -0.4 is 0 Å². The van der Waals surface area contributed by atoms with Crippen LogP contribution in [0.3, 0.4) is 0 Å². The van der Waals surface area contributed by atoms with Gasteiger partial charge in [-0.3, -0.25) is 0 Å². The van der Waals surface area contributed by atoms with Crippen molar-refractivity contribution in [2.45, 2.75) is 71.6 Å². The fourth-order valence-corrected chi connectivity index (χ4v) is 5.47. The van der Waals surface area contributed by atoms with Gasteiger partial charge in [-0.15, -0.1) is 11.3 Å². The van der Waals surface area contributed by atoms with Gasteiger partial charge in [0, 0.05) is 4.70 Å². The zero-order valence-electron chi connectivity index (χ0n) is 19.6. The first-order chi connectivity index (χ1) is 15.5. The predicted molar refractivity (Wildman–Crippen MR) is 130 cm³/mol. The van der Waals surface area contributed by atoms with E-state index in [0.29, 0.717) is 53.3 Å². The standard InChI is InChI=1S/C24H30ClF3N2O2S/c1-6-31-21-19(14(3)4)29-22(32-7-2)23(5,30-21)12-8-9-17-16-11-10-15(24(26,27)28)13-18(16)33-20(17)25/h10-11,13-14,19H,6-9,12H2,1-5H3/t19-,23+/m1/s1. The maximum absolute atomic E-state index is 13.1. The monoisotopic (exact) mass is 502 g/mol. The van der Waals surface area contributed by atoms with Crippen molar-refractivity contribution in [3.63, 3.8) is 0 Å². The first-order valence-corrected chi connectivity index (χ1v) is 12.4. The summed E-state index contributed by atoms with van der Waals surface area (Å²) in [5.74, 6) is 1.44.